The molecule has 0 aliphatic carbocycles. The molecule has 1 aromatic heterocycles. The SMILES string of the molecule is Cc1cc(N(C)C)[c]cn1. The maximum atomic E-state index is 4.04. The lowest BCUT2D eigenvalue weighted by Gasteiger charge is -2.10. The van der Waals surface area contributed by atoms with Crippen LogP contribution in [0.3, 0.4) is 0 Å². The zero-order valence-corrected chi connectivity index (χ0v) is 6.55. The van der Waals surface area contributed by atoms with Crippen LogP contribution in [0.5, 0.6) is 0 Å². The molecule has 1 rings (SSSR count). The van der Waals surface area contributed by atoms with Crippen LogP contribution in [0.25, 0.3) is 0 Å². The molecule has 10 heavy (non-hydrogen) atoms. The fourth-order valence-corrected chi connectivity index (χ4v) is 0.735. The molecular weight excluding hydrogens is 124 g/mol. The van der Waals surface area contributed by atoms with Gasteiger partial charge in [0, 0.05) is 37.7 Å². The number of nitrogens with zero attached hydrogens (tertiary/aromatic N) is 2. The molecule has 1 radical (unpaired) electrons. The van der Waals surface area contributed by atoms with Crippen molar-refractivity contribution >= 4 is 5.69 Å². The van der Waals surface area contributed by atoms with Crippen molar-refractivity contribution < 1.29 is 0 Å². The first-order valence-electron chi connectivity index (χ1n) is 3.22. The molecule has 0 saturated heterocycles. The molecule has 2 nitrogen and oxygen atoms in total. The molecule has 1 aromatic rings. The van der Waals surface area contributed by atoms with E-state index in [0.717, 1.165) is 11.4 Å². The second kappa shape index (κ2) is 2.69. The molecule has 0 fully saturated rings. The number of hydrogen-bond acceptors (Lipinski definition) is 2. The number of anilines is 1. The Balaban J connectivity index is 2.96. The Morgan fingerprint density at radius 2 is 2.20 bits per heavy atom. The first-order valence-corrected chi connectivity index (χ1v) is 3.22. The molecule has 0 atom stereocenters. The summed E-state index contributed by atoms with van der Waals surface area (Å²) in [5.41, 5.74) is 2.11. The van der Waals surface area contributed by atoms with Crippen molar-refractivity contribution in [3.8, 4) is 0 Å². The average Bonchev–Trinajstić information content (AvgIpc) is 1.88. The number of pyridine rings is 1. The second-order valence-corrected chi connectivity index (χ2v) is 2.47. The summed E-state index contributed by atoms with van der Waals surface area (Å²) in [7, 11) is 3.98. The van der Waals surface area contributed by atoms with Gasteiger partial charge in [-0.25, -0.2) is 0 Å². The van der Waals surface area contributed by atoms with E-state index < -0.39 is 0 Å². The molecule has 0 aromatic carbocycles. The van der Waals surface area contributed by atoms with Crippen LogP contribution in [0.2, 0.25) is 0 Å². The smallest absolute Gasteiger partial charge is 0.0475 e. The molecule has 0 unspecified atom stereocenters. The largest absolute Gasteiger partial charge is 0.377 e. The van der Waals surface area contributed by atoms with E-state index in [0.29, 0.717) is 0 Å². The van der Waals surface area contributed by atoms with Gasteiger partial charge >= 0.3 is 0 Å². The zero-order chi connectivity index (χ0) is 7.56. The van der Waals surface area contributed by atoms with Crippen molar-refractivity contribution in [2.24, 2.45) is 0 Å². The lowest BCUT2D eigenvalue weighted by molar-refractivity contribution is 1.10. The van der Waals surface area contributed by atoms with Gasteiger partial charge in [0.25, 0.3) is 0 Å². The summed E-state index contributed by atoms with van der Waals surface area (Å²) in [6.45, 7) is 1.97. The average molecular weight is 135 g/mol. The second-order valence-electron chi connectivity index (χ2n) is 2.47. The van der Waals surface area contributed by atoms with Gasteiger partial charge in [-0.05, 0) is 13.0 Å². The van der Waals surface area contributed by atoms with Gasteiger partial charge in [0.15, 0.2) is 0 Å². The highest BCUT2D eigenvalue weighted by Gasteiger charge is 1.93. The fourth-order valence-electron chi connectivity index (χ4n) is 0.735. The van der Waals surface area contributed by atoms with E-state index in [1.807, 2.05) is 32.0 Å². The first kappa shape index (κ1) is 7.06. The van der Waals surface area contributed by atoms with E-state index in [1.54, 1.807) is 6.20 Å². The summed E-state index contributed by atoms with van der Waals surface area (Å²) in [4.78, 5) is 6.05. The van der Waals surface area contributed by atoms with Crippen molar-refractivity contribution in [3.05, 3.63) is 24.0 Å². The van der Waals surface area contributed by atoms with Gasteiger partial charge in [-0.1, -0.05) is 0 Å². The monoisotopic (exact) mass is 135 g/mol. The van der Waals surface area contributed by atoms with Gasteiger partial charge in [0.2, 0.25) is 0 Å². The highest BCUT2D eigenvalue weighted by molar-refractivity contribution is 5.43. The number of aryl methyl sites for hydroxylation is 1. The van der Waals surface area contributed by atoms with Crippen LogP contribution in [0.15, 0.2) is 12.3 Å². The van der Waals surface area contributed by atoms with Crippen LogP contribution >= 0.6 is 0 Å². The topological polar surface area (TPSA) is 16.1 Å². The minimum Gasteiger partial charge on any atom is -0.377 e. The Labute approximate surface area is 61.5 Å². The summed E-state index contributed by atoms with van der Waals surface area (Å²) < 4.78 is 0. The van der Waals surface area contributed by atoms with Gasteiger partial charge in [-0.2, -0.15) is 0 Å². The van der Waals surface area contributed by atoms with Crippen molar-refractivity contribution in [2.75, 3.05) is 19.0 Å². The molecule has 2 heteroatoms. The lowest BCUT2D eigenvalue weighted by atomic mass is 10.3. The van der Waals surface area contributed by atoms with Crippen molar-refractivity contribution in [3.63, 3.8) is 0 Å². The summed E-state index contributed by atoms with van der Waals surface area (Å²) in [5.74, 6) is 0. The molecule has 0 spiro atoms. The summed E-state index contributed by atoms with van der Waals surface area (Å²) in [5, 5.41) is 0. The van der Waals surface area contributed by atoms with Gasteiger partial charge < -0.3 is 4.90 Å². The number of hydrogen-bond donors (Lipinski definition) is 0. The number of aromatic nitrogens is 1. The molecule has 0 saturated carbocycles. The Morgan fingerprint density at radius 3 is 2.60 bits per heavy atom. The molecule has 0 aliphatic rings. The van der Waals surface area contributed by atoms with E-state index in [2.05, 4.69) is 11.1 Å². The standard InChI is InChI=1S/C8H11N2/c1-7-6-8(10(2)3)4-5-9-7/h5-6H,1-3H3. The highest BCUT2D eigenvalue weighted by atomic mass is 15.1. The van der Waals surface area contributed by atoms with Crippen LogP contribution in [0, 0.1) is 13.0 Å². The van der Waals surface area contributed by atoms with E-state index in [1.165, 1.54) is 0 Å². The third kappa shape index (κ3) is 1.47. The fraction of sp³-hybridized carbons (Fsp3) is 0.375. The molecular formula is C8H11N2. The van der Waals surface area contributed by atoms with Gasteiger partial charge in [0.05, 0.1) is 0 Å². The third-order valence-electron chi connectivity index (χ3n) is 1.31. The Bertz CT molecular complexity index is 218. The summed E-state index contributed by atoms with van der Waals surface area (Å²) >= 11 is 0. The van der Waals surface area contributed by atoms with E-state index in [-0.39, 0.29) is 0 Å². The molecule has 0 amide bonds. The van der Waals surface area contributed by atoms with Gasteiger partial charge in [-0.15, -0.1) is 0 Å². The predicted octanol–water partition coefficient (Wildman–Crippen LogP) is 1.26. The van der Waals surface area contributed by atoms with Crippen LogP contribution < -0.4 is 4.90 Å². The van der Waals surface area contributed by atoms with Gasteiger partial charge in [-0.3, -0.25) is 4.98 Å². The van der Waals surface area contributed by atoms with Crippen LogP contribution in [-0.4, -0.2) is 19.1 Å². The molecule has 0 N–H and O–H groups in total. The lowest BCUT2D eigenvalue weighted by Crippen LogP contribution is -2.08. The molecule has 0 bridgehead atoms. The normalized spacial score (nSPS) is 9.50. The van der Waals surface area contributed by atoms with Gasteiger partial charge in [0.1, 0.15) is 0 Å². The summed E-state index contributed by atoms with van der Waals surface area (Å²) in [6, 6.07) is 5.02. The maximum Gasteiger partial charge on any atom is 0.0475 e. The van der Waals surface area contributed by atoms with Crippen molar-refractivity contribution in [2.45, 2.75) is 6.92 Å². The van der Waals surface area contributed by atoms with E-state index >= 15 is 0 Å². The van der Waals surface area contributed by atoms with E-state index in [9.17, 15) is 0 Å². The first-order chi connectivity index (χ1) is 4.70. The predicted molar refractivity (Wildman–Crippen MR) is 42.1 cm³/mol. The Hall–Kier alpha value is -1.05. The maximum absolute atomic E-state index is 4.04. The minimum absolute atomic E-state index is 1.03. The highest BCUT2D eigenvalue weighted by Crippen LogP contribution is 2.08. The zero-order valence-electron chi connectivity index (χ0n) is 6.55. The molecule has 1 heterocycles. The number of rotatable bonds is 1. The molecule has 53 valence electrons. The minimum atomic E-state index is 1.03. The molecule has 0 aliphatic heterocycles. The van der Waals surface area contributed by atoms with Crippen molar-refractivity contribution in [1.29, 1.82) is 0 Å². The van der Waals surface area contributed by atoms with Crippen LogP contribution in [-0.2, 0) is 0 Å². The van der Waals surface area contributed by atoms with E-state index in [4.69, 9.17) is 0 Å². The third-order valence-corrected chi connectivity index (χ3v) is 1.31. The van der Waals surface area contributed by atoms with Crippen LogP contribution in [0.4, 0.5) is 5.69 Å². The quantitative estimate of drug-likeness (QED) is 0.576. The van der Waals surface area contributed by atoms with Crippen molar-refractivity contribution in [1.82, 2.24) is 4.98 Å². The van der Waals surface area contributed by atoms with Crippen LogP contribution in [0.1, 0.15) is 5.69 Å². The Kier molecular flexibility index (Phi) is 1.90. The summed E-state index contributed by atoms with van der Waals surface area (Å²) in [6.07, 6.45) is 1.70. The Morgan fingerprint density at radius 1 is 1.50 bits per heavy atom.